The van der Waals surface area contributed by atoms with Crippen molar-refractivity contribution in [1.82, 2.24) is 14.8 Å². The lowest BCUT2D eigenvalue weighted by Gasteiger charge is -2.32. The topological polar surface area (TPSA) is 25.9 Å². The fourth-order valence-corrected chi connectivity index (χ4v) is 3.33. The summed E-state index contributed by atoms with van der Waals surface area (Å²) >= 11 is 0. The minimum atomic E-state index is 0.285. The Labute approximate surface area is 139 Å². The maximum absolute atomic E-state index is 4.67. The highest BCUT2D eigenvalue weighted by Gasteiger charge is 2.30. The fraction of sp³-hybridized carbons (Fsp3) is 0.500. The summed E-state index contributed by atoms with van der Waals surface area (Å²) in [6, 6.07) is 2.11. The Bertz CT molecular complexity index is 624. The van der Waals surface area contributed by atoms with Gasteiger partial charge in [0.25, 0.3) is 0 Å². The number of pyridine rings is 1. The molecule has 0 N–H and O–H groups in total. The van der Waals surface area contributed by atoms with Crippen LogP contribution in [0.15, 0.2) is 36.1 Å². The van der Waals surface area contributed by atoms with Crippen LogP contribution in [0.3, 0.4) is 0 Å². The van der Waals surface area contributed by atoms with E-state index in [1.165, 1.54) is 22.6 Å². The van der Waals surface area contributed by atoms with Crippen molar-refractivity contribution in [2.75, 3.05) is 23.9 Å². The van der Waals surface area contributed by atoms with Crippen LogP contribution in [0.2, 0.25) is 0 Å². The summed E-state index contributed by atoms with van der Waals surface area (Å²) in [5, 5.41) is 0. The van der Waals surface area contributed by atoms with Crippen molar-refractivity contribution < 1.29 is 0 Å². The molecule has 0 aliphatic carbocycles. The van der Waals surface area contributed by atoms with Crippen molar-refractivity contribution >= 4 is 11.5 Å². The SMILES string of the molecule is CC1=CN(c2nccc(N3C=C(C)N(C)[C@@H]3C)c2C)[C@H](C)N1C. The monoisotopic (exact) mass is 313 g/mol. The predicted octanol–water partition coefficient (Wildman–Crippen LogP) is 3.31. The Morgan fingerprint density at radius 2 is 1.39 bits per heavy atom. The summed E-state index contributed by atoms with van der Waals surface area (Å²) in [4.78, 5) is 13.8. The third kappa shape index (κ3) is 2.35. The van der Waals surface area contributed by atoms with Crippen molar-refractivity contribution in [3.63, 3.8) is 0 Å². The van der Waals surface area contributed by atoms with Gasteiger partial charge in [0.2, 0.25) is 0 Å². The number of anilines is 2. The van der Waals surface area contributed by atoms with Gasteiger partial charge in [-0.15, -0.1) is 0 Å². The zero-order valence-electron chi connectivity index (χ0n) is 15.2. The molecule has 5 nitrogen and oxygen atoms in total. The summed E-state index contributed by atoms with van der Waals surface area (Å²) in [6.07, 6.45) is 6.93. The molecule has 2 aliphatic heterocycles. The van der Waals surface area contributed by atoms with Crippen LogP contribution in [-0.4, -0.2) is 41.2 Å². The van der Waals surface area contributed by atoms with E-state index in [1.807, 2.05) is 6.20 Å². The molecule has 0 saturated carbocycles. The van der Waals surface area contributed by atoms with Crippen LogP contribution in [-0.2, 0) is 0 Å². The van der Waals surface area contributed by atoms with E-state index < -0.39 is 0 Å². The van der Waals surface area contributed by atoms with Crippen molar-refractivity contribution in [1.29, 1.82) is 0 Å². The third-order valence-electron chi connectivity index (χ3n) is 5.36. The maximum Gasteiger partial charge on any atom is 0.139 e. The highest BCUT2D eigenvalue weighted by atomic mass is 15.4. The second-order valence-corrected chi connectivity index (χ2v) is 6.62. The van der Waals surface area contributed by atoms with Gasteiger partial charge in [-0.2, -0.15) is 0 Å². The number of allylic oxidation sites excluding steroid dienone is 2. The quantitative estimate of drug-likeness (QED) is 0.834. The van der Waals surface area contributed by atoms with Gasteiger partial charge in [0, 0.05) is 49.6 Å². The first-order valence-electron chi connectivity index (χ1n) is 8.17. The minimum Gasteiger partial charge on any atom is -0.357 e. The molecule has 3 rings (SSSR count). The molecular formula is C18H27N5. The number of hydrogen-bond donors (Lipinski definition) is 0. The molecule has 23 heavy (non-hydrogen) atoms. The van der Waals surface area contributed by atoms with Gasteiger partial charge >= 0.3 is 0 Å². The Kier molecular flexibility index (Phi) is 3.74. The average Bonchev–Trinajstić information content (AvgIpc) is 2.93. The smallest absolute Gasteiger partial charge is 0.139 e. The van der Waals surface area contributed by atoms with Crippen LogP contribution in [0, 0.1) is 6.92 Å². The largest absolute Gasteiger partial charge is 0.357 e. The lowest BCUT2D eigenvalue weighted by atomic mass is 10.2. The van der Waals surface area contributed by atoms with Crippen LogP contribution < -0.4 is 9.80 Å². The molecule has 2 atom stereocenters. The maximum atomic E-state index is 4.67. The van der Waals surface area contributed by atoms with Crippen molar-refractivity contribution in [3.05, 3.63) is 41.6 Å². The van der Waals surface area contributed by atoms with E-state index in [4.69, 9.17) is 0 Å². The van der Waals surface area contributed by atoms with Gasteiger partial charge in [-0.05, 0) is 40.7 Å². The average molecular weight is 313 g/mol. The molecule has 0 radical (unpaired) electrons. The summed E-state index contributed by atoms with van der Waals surface area (Å²) < 4.78 is 0. The van der Waals surface area contributed by atoms with Crippen molar-refractivity contribution in [3.8, 4) is 0 Å². The van der Waals surface area contributed by atoms with E-state index >= 15 is 0 Å². The molecule has 0 spiro atoms. The first-order valence-corrected chi connectivity index (χ1v) is 8.17. The molecule has 0 unspecified atom stereocenters. The highest BCUT2D eigenvalue weighted by Crippen LogP contribution is 2.35. The molecule has 0 aromatic carbocycles. The van der Waals surface area contributed by atoms with Crippen LogP contribution >= 0.6 is 0 Å². The predicted molar refractivity (Wildman–Crippen MR) is 95.9 cm³/mol. The Morgan fingerprint density at radius 3 is 1.87 bits per heavy atom. The second kappa shape index (κ2) is 5.48. The molecule has 1 aromatic rings. The zero-order valence-corrected chi connectivity index (χ0v) is 15.2. The Morgan fingerprint density at radius 1 is 0.870 bits per heavy atom. The van der Waals surface area contributed by atoms with Gasteiger partial charge in [-0.3, -0.25) is 0 Å². The molecule has 5 heteroatoms. The molecule has 0 bridgehead atoms. The van der Waals surface area contributed by atoms with Crippen molar-refractivity contribution in [2.45, 2.75) is 47.0 Å². The van der Waals surface area contributed by atoms with Crippen LogP contribution in [0.5, 0.6) is 0 Å². The van der Waals surface area contributed by atoms with E-state index in [2.05, 4.69) is 91.8 Å². The summed E-state index contributed by atoms with van der Waals surface area (Å²) in [5.41, 5.74) is 4.97. The third-order valence-corrected chi connectivity index (χ3v) is 5.36. The molecule has 1 aromatic heterocycles. The standard InChI is InChI=1S/C18H27N5/c1-12-10-22(15(4)20(12)6)17-8-9-19-18(14(17)3)23-11-13(2)21(7)16(23)5/h8-11,15-16H,1-7H3/t15-,16+/m0/s1. The Hall–Kier alpha value is -2.17. The lowest BCUT2D eigenvalue weighted by Crippen LogP contribution is -2.36. The summed E-state index contributed by atoms with van der Waals surface area (Å²) in [7, 11) is 4.26. The number of hydrogen-bond acceptors (Lipinski definition) is 5. The second-order valence-electron chi connectivity index (χ2n) is 6.62. The van der Waals surface area contributed by atoms with Crippen molar-refractivity contribution in [2.24, 2.45) is 0 Å². The summed E-state index contributed by atoms with van der Waals surface area (Å²) in [5.74, 6) is 1.03. The van der Waals surface area contributed by atoms with E-state index in [9.17, 15) is 0 Å². The molecular weight excluding hydrogens is 286 g/mol. The van der Waals surface area contributed by atoms with Crippen LogP contribution in [0.1, 0.15) is 33.3 Å². The van der Waals surface area contributed by atoms with Gasteiger partial charge in [-0.25, -0.2) is 4.98 Å². The van der Waals surface area contributed by atoms with E-state index in [1.54, 1.807) is 0 Å². The number of rotatable bonds is 2. The van der Waals surface area contributed by atoms with Gasteiger partial charge < -0.3 is 19.6 Å². The molecule has 2 aliphatic rings. The van der Waals surface area contributed by atoms with Gasteiger partial charge in [0.05, 0.1) is 5.69 Å². The molecule has 124 valence electrons. The van der Waals surface area contributed by atoms with Gasteiger partial charge in [-0.1, -0.05) is 0 Å². The molecule has 3 heterocycles. The first-order chi connectivity index (χ1) is 10.8. The Balaban J connectivity index is 2.01. The molecule has 0 fully saturated rings. The lowest BCUT2D eigenvalue weighted by molar-refractivity contribution is 0.355. The number of nitrogens with zero attached hydrogens (tertiary/aromatic N) is 5. The fourth-order valence-electron chi connectivity index (χ4n) is 3.33. The van der Waals surface area contributed by atoms with E-state index in [0.29, 0.717) is 6.17 Å². The van der Waals surface area contributed by atoms with E-state index in [-0.39, 0.29) is 6.17 Å². The van der Waals surface area contributed by atoms with E-state index in [0.717, 1.165) is 5.82 Å². The summed E-state index contributed by atoms with van der Waals surface area (Å²) in [6.45, 7) is 10.9. The normalized spacial score (nSPS) is 24.5. The van der Waals surface area contributed by atoms with Crippen LogP contribution in [0.4, 0.5) is 11.5 Å². The first kappa shape index (κ1) is 15.7. The highest BCUT2D eigenvalue weighted by molar-refractivity contribution is 5.67. The minimum absolute atomic E-state index is 0.285. The van der Waals surface area contributed by atoms with Crippen LogP contribution in [0.25, 0.3) is 0 Å². The number of aromatic nitrogens is 1. The van der Waals surface area contributed by atoms with Gasteiger partial charge in [0.15, 0.2) is 0 Å². The molecule has 0 saturated heterocycles. The van der Waals surface area contributed by atoms with Gasteiger partial charge in [0.1, 0.15) is 18.1 Å². The zero-order chi connectivity index (χ0) is 16.9. The molecule has 0 amide bonds.